The monoisotopic (exact) mass is 192 g/mol. The number of hydrogen-bond acceptors (Lipinski definition) is 2. The molecule has 0 amide bonds. The van der Waals surface area contributed by atoms with Gasteiger partial charge in [0.25, 0.3) is 0 Å². The zero-order chi connectivity index (χ0) is 10.0. The Morgan fingerprint density at radius 2 is 2.14 bits per heavy atom. The molecule has 0 saturated carbocycles. The van der Waals surface area contributed by atoms with Gasteiger partial charge in [0, 0.05) is 0 Å². The molecule has 1 aromatic rings. The second-order valence-corrected chi connectivity index (χ2v) is 4.04. The molecule has 2 rings (SSSR count). The summed E-state index contributed by atoms with van der Waals surface area (Å²) in [5, 5.41) is 0. The first kappa shape index (κ1) is 9.69. The van der Waals surface area contributed by atoms with E-state index in [0.29, 0.717) is 13.2 Å². The molecular weight excluding hydrogens is 176 g/mol. The third-order valence-corrected chi connectivity index (χ3v) is 2.89. The van der Waals surface area contributed by atoms with Crippen molar-refractivity contribution in [3.8, 4) is 0 Å². The van der Waals surface area contributed by atoms with Crippen molar-refractivity contribution in [2.24, 2.45) is 0 Å². The fourth-order valence-corrected chi connectivity index (χ4v) is 1.47. The third-order valence-electron chi connectivity index (χ3n) is 2.89. The summed E-state index contributed by atoms with van der Waals surface area (Å²) in [6.07, 6.45) is 0.214. The van der Waals surface area contributed by atoms with Crippen LogP contribution in [-0.2, 0) is 16.1 Å². The van der Waals surface area contributed by atoms with Gasteiger partial charge in [0.2, 0.25) is 0 Å². The van der Waals surface area contributed by atoms with Gasteiger partial charge in [-0.25, -0.2) is 0 Å². The molecule has 1 heterocycles. The predicted molar refractivity (Wildman–Crippen MR) is 55.1 cm³/mol. The van der Waals surface area contributed by atoms with E-state index in [4.69, 9.17) is 9.47 Å². The first-order chi connectivity index (χ1) is 6.71. The molecule has 1 fully saturated rings. The van der Waals surface area contributed by atoms with Crippen molar-refractivity contribution in [3.05, 3.63) is 35.9 Å². The Kier molecular flexibility index (Phi) is 2.57. The molecule has 2 nitrogen and oxygen atoms in total. The molecule has 0 aromatic heterocycles. The lowest BCUT2D eigenvalue weighted by atomic mass is 9.96. The SMILES string of the molecule is CC1OCC1(C)OCc1ccccc1. The van der Waals surface area contributed by atoms with E-state index in [1.807, 2.05) is 18.2 Å². The van der Waals surface area contributed by atoms with Crippen LogP contribution in [0.25, 0.3) is 0 Å². The first-order valence-corrected chi connectivity index (χ1v) is 5.00. The van der Waals surface area contributed by atoms with Crippen LogP contribution in [-0.4, -0.2) is 18.3 Å². The van der Waals surface area contributed by atoms with Crippen molar-refractivity contribution in [1.29, 1.82) is 0 Å². The van der Waals surface area contributed by atoms with E-state index >= 15 is 0 Å². The third kappa shape index (κ3) is 1.81. The quantitative estimate of drug-likeness (QED) is 0.732. The van der Waals surface area contributed by atoms with Crippen molar-refractivity contribution in [3.63, 3.8) is 0 Å². The molecule has 0 aliphatic carbocycles. The second kappa shape index (κ2) is 3.71. The second-order valence-electron chi connectivity index (χ2n) is 4.04. The molecule has 0 N–H and O–H groups in total. The molecule has 14 heavy (non-hydrogen) atoms. The van der Waals surface area contributed by atoms with Crippen molar-refractivity contribution in [1.82, 2.24) is 0 Å². The molecule has 1 aliphatic heterocycles. The Bertz CT molecular complexity index is 296. The summed E-state index contributed by atoms with van der Waals surface area (Å²) >= 11 is 0. The molecule has 2 unspecified atom stereocenters. The normalized spacial score (nSPS) is 31.1. The zero-order valence-electron chi connectivity index (χ0n) is 8.69. The van der Waals surface area contributed by atoms with E-state index in [-0.39, 0.29) is 11.7 Å². The Morgan fingerprint density at radius 3 is 2.64 bits per heavy atom. The highest BCUT2D eigenvalue weighted by molar-refractivity contribution is 5.13. The van der Waals surface area contributed by atoms with Crippen LogP contribution in [0.15, 0.2) is 30.3 Å². The van der Waals surface area contributed by atoms with Gasteiger partial charge in [-0.05, 0) is 19.4 Å². The maximum absolute atomic E-state index is 5.84. The van der Waals surface area contributed by atoms with Crippen LogP contribution in [0, 0.1) is 0 Å². The van der Waals surface area contributed by atoms with E-state index in [9.17, 15) is 0 Å². The van der Waals surface area contributed by atoms with Gasteiger partial charge < -0.3 is 9.47 Å². The van der Waals surface area contributed by atoms with Crippen LogP contribution in [0.1, 0.15) is 19.4 Å². The standard InChI is InChI=1S/C12H16O2/c1-10-12(2,9-13-10)14-8-11-6-4-3-5-7-11/h3-7,10H,8-9H2,1-2H3. The van der Waals surface area contributed by atoms with E-state index in [1.54, 1.807) is 0 Å². The molecule has 76 valence electrons. The van der Waals surface area contributed by atoms with Gasteiger partial charge in [-0.3, -0.25) is 0 Å². The summed E-state index contributed by atoms with van der Waals surface area (Å²) in [5.74, 6) is 0. The van der Waals surface area contributed by atoms with E-state index in [1.165, 1.54) is 5.56 Å². The Labute approximate surface area is 84.8 Å². The Balaban J connectivity index is 1.89. The smallest absolute Gasteiger partial charge is 0.115 e. The summed E-state index contributed by atoms with van der Waals surface area (Å²) in [7, 11) is 0. The Hall–Kier alpha value is -0.860. The first-order valence-electron chi connectivity index (χ1n) is 5.00. The highest BCUT2D eigenvalue weighted by Gasteiger charge is 2.42. The van der Waals surface area contributed by atoms with E-state index in [0.717, 1.165) is 0 Å². The highest BCUT2D eigenvalue weighted by Crippen LogP contribution is 2.29. The van der Waals surface area contributed by atoms with Crippen molar-refractivity contribution < 1.29 is 9.47 Å². The van der Waals surface area contributed by atoms with Gasteiger partial charge in [-0.2, -0.15) is 0 Å². The molecule has 1 aliphatic rings. The van der Waals surface area contributed by atoms with E-state index < -0.39 is 0 Å². The average molecular weight is 192 g/mol. The summed E-state index contributed by atoms with van der Waals surface area (Å²) in [5.41, 5.74) is 1.13. The van der Waals surface area contributed by atoms with Gasteiger partial charge in [-0.15, -0.1) is 0 Å². The molecular formula is C12H16O2. The van der Waals surface area contributed by atoms with Crippen LogP contribution < -0.4 is 0 Å². The Morgan fingerprint density at radius 1 is 1.43 bits per heavy atom. The number of ether oxygens (including phenoxy) is 2. The molecule has 1 aromatic carbocycles. The average Bonchev–Trinajstić information content (AvgIpc) is 2.25. The van der Waals surface area contributed by atoms with Gasteiger partial charge >= 0.3 is 0 Å². The molecule has 1 saturated heterocycles. The molecule has 2 atom stereocenters. The summed E-state index contributed by atoms with van der Waals surface area (Å²) < 4.78 is 11.1. The lowest BCUT2D eigenvalue weighted by molar-refractivity contribution is -0.249. The summed E-state index contributed by atoms with van der Waals surface area (Å²) in [4.78, 5) is 0. The summed E-state index contributed by atoms with van der Waals surface area (Å²) in [6.45, 7) is 5.53. The van der Waals surface area contributed by atoms with Crippen LogP contribution >= 0.6 is 0 Å². The number of benzene rings is 1. The molecule has 2 heteroatoms. The van der Waals surface area contributed by atoms with E-state index in [2.05, 4.69) is 26.0 Å². The maximum atomic E-state index is 5.84. The predicted octanol–water partition coefficient (Wildman–Crippen LogP) is 2.38. The van der Waals surface area contributed by atoms with Gasteiger partial charge in [-0.1, -0.05) is 30.3 Å². The largest absolute Gasteiger partial charge is 0.372 e. The minimum atomic E-state index is -0.0875. The molecule has 0 spiro atoms. The highest BCUT2D eigenvalue weighted by atomic mass is 16.6. The zero-order valence-corrected chi connectivity index (χ0v) is 8.69. The maximum Gasteiger partial charge on any atom is 0.115 e. The minimum Gasteiger partial charge on any atom is -0.372 e. The van der Waals surface area contributed by atoms with Crippen molar-refractivity contribution in [2.45, 2.75) is 32.2 Å². The molecule has 0 bridgehead atoms. The minimum absolute atomic E-state index is 0.0875. The fourth-order valence-electron chi connectivity index (χ4n) is 1.47. The fraction of sp³-hybridized carbons (Fsp3) is 0.500. The van der Waals surface area contributed by atoms with Crippen LogP contribution in [0.2, 0.25) is 0 Å². The van der Waals surface area contributed by atoms with Crippen LogP contribution in [0.5, 0.6) is 0 Å². The number of hydrogen-bond donors (Lipinski definition) is 0. The van der Waals surface area contributed by atoms with Crippen LogP contribution in [0.3, 0.4) is 0 Å². The van der Waals surface area contributed by atoms with Crippen molar-refractivity contribution >= 4 is 0 Å². The lowest BCUT2D eigenvalue weighted by Crippen LogP contribution is -2.56. The lowest BCUT2D eigenvalue weighted by Gasteiger charge is -2.44. The topological polar surface area (TPSA) is 18.5 Å². The van der Waals surface area contributed by atoms with Crippen LogP contribution in [0.4, 0.5) is 0 Å². The van der Waals surface area contributed by atoms with Gasteiger partial charge in [0.05, 0.1) is 19.3 Å². The van der Waals surface area contributed by atoms with Gasteiger partial charge in [0.15, 0.2) is 0 Å². The molecule has 0 radical (unpaired) electrons. The van der Waals surface area contributed by atoms with Crippen molar-refractivity contribution in [2.75, 3.05) is 6.61 Å². The number of rotatable bonds is 3. The summed E-state index contributed by atoms with van der Waals surface area (Å²) in [6, 6.07) is 10.2. The van der Waals surface area contributed by atoms with Gasteiger partial charge in [0.1, 0.15) is 5.60 Å².